The molecule has 0 bridgehead atoms. The zero-order chi connectivity index (χ0) is 21.5. The largest absolute Gasteiger partial charge is 0.493 e. The highest BCUT2D eigenvalue weighted by Crippen LogP contribution is 2.65. The van der Waals surface area contributed by atoms with Crippen LogP contribution in [0.3, 0.4) is 0 Å². The molecule has 0 saturated heterocycles. The summed E-state index contributed by atoms with van der Waals surface area (Å²) >= 11 is 0. The summed E-state index contributed by atoms with van der Waals surface area (Å²) in [6, 6.07) is 7.17. The van der Waals surface area contributed by atoms with Crippen molar-refractivity contribution in [1.82, 2.24) is 0 Å². The fourth-order valence-corrected chi connectivity index (χ4v) is 7.25. The van der Waals surface area contributed by atoms with Gasteiger partial charge in [-0.1, -0.05) is 33.3 Å². The molecule has 2 saturated carbocycles. The summed E-state index contributed by atoms with van der Waals surface area (Å²) < 4.78 is 6.16. The van der Waals surface area contributed by atoms with E-state index in [4.69, 9.17) is 4.74 Å². The van der Waals surface area contributed by atoms with Crippen LogP contribution >= 0.6 is 0 Å². The Morgan fingerprint density at radius 1 is 1.23 bits per heavy atom. The second-order valence-electron chi connectivity index (χ2n) is 10.4. The third-order valence-corrected chi connectivity index (χ3v) is 9.17. The average Bonchev–Trinajstić information content (AvgIpc) is 3.04. The van der Waals surface area contributed by atoms with Crippen molar-refractivity contribution >= 4 is 0 Å². The maximum absolute atomic E-state index is 11.6. The van der Waals surface area contributed by atoms with Gasteiger partial charge in [0.05, 0.1) is 24.2 Å². The minimum Gasteiger partial charge on any atom is -0.493 e. The smallest absolute Gasteiger partial charge is 0.122 e. The van der Waals surface area contributed by atoms with Crippen molar-refractivity contribution in [3.63, 3.8) is 0 Å². The van der Waals surface area contributed by atoms with Crippen molar-refractivity contribution in [2.75, 3.05) is 6.61 Å². The first-order chi connectivity index (χ1) is 14.4. The van der Waals surface area contributed by atoms with Crippen molar-refractivity contribution in [2.45, 2.75) is 97.0 Å². The number of hydrogen-bond acceptors (Lipinski definition) is 3. The molecule has 1 aromatic rings. The maximum Gasteiger partial charge on any atom is 0.122 e. The van der Waals surface area contributed by atoms with Gasteiger partial charge in [0.2, 0.25) is 0 Å². The monoisotopic (exact) mass is 409 g/mol. The molecule has 0 heterocycles. The molecule has 1 aromatic carbocycles. The third-order valence-electron chi connectivity index (χ3n) is 9.17. The van der Waals surface area contributed by atoms with Gasteiger partial charge in [-0.05, 0) is 98.8 Å². The number of nitriles is 1. The summed E-state index contributed by atoms with van der Waals surface area (Å²) in [5, 5.41) is 21.1. The second-order valence-corrected chi connectivity index (χ2v) is 10.4. The lowest BCUT2D eigenvalue weighted by Crippen LogP contribution is -2.53. The molecule has 1 N–H and O–H groups in total. The normalized spacial score (nSPS) is 35.7. The second kappa shape index (κ2) is 8.19. The van der Waals surface area contributed by atoms with Gasteiger partial charge in [-0.25, -0.2) is 0 Å². The van der Waals surface area contributed by atoms with Gasteiger partial charge >= 0.3 is 0 Å². The minimum atomic E-state index is -0.830. The van der Waals surface area contributed by atoms with Crippen LogP contribution in [0.2, 0.25) is 0 Å². The van der Waals surface area contributed by atoms with E-state index in [-0.39, 0.29) is 11.3 Å². The van der Waals surface area contributed by atoms with Crippen LogP contribution in [-0.2, 0) is 12.8 Å². The van der Waals surface area contributed by atoms with E-state index in [0.29, 0.717) is 17.8 Å². The molecule has 164 valence electrons. The highest BCUT2D eigenvalue weighted by atomic mass is 16.5. The van der Waals surface area contributed by atoms with E-state index in [0.717, 1.165) is 63.7 Å². The van der Waals surface area contributed by atoms with Gasteiger partial charge in [0.1, 0.15) is 5.75 Å². The number of unbranched alkanes of at least 4 members (excludes halogenated alkanes) is 1. The number of benzene rings is 1. The highest BCUT2D eigenvalue weighted by Gasteiger charge is 2.63. The lowest BCUT2D eigenvalue weighted by molar-refractivity contribution is -0.121. The fraction of sp³-hybridized carbons (Fsp3) is 0.741. The molecular formula is C27H39NO2. The number of nitrogens with zero attached hydrogens (tertiary/aromatic N) is 1. The number of hydrogen-bond donors (Lipinski definition) is 1. The van der Waals surface area contributed by atoms with E-state index in [9.17, 15) is 10.4 Å². The summed E-state index contributed by atoms with van der Waals surface area (Å²) in [5.41, 5.74) is 3.43. The first-order valence-corrected chi connectivity index (χ1v) is 12.3. The van der Waals surface area contributed by atoms with E-state index < -0.39 is 5.60 Å². The van der Waals surface area contributed by atoms with Crippen molar-refractivity contribution in [3.05, 3.63) is 28.8 Å². The molecule has 0 aromatic heterocycles. The Hall–Kier alpha value is -1.53. The van der Waals surface area contributed by atoms with Gasteiger partial charge in [-0.3, -0.25) is 0 Å². The first kappa shape index (κ1) is 21.7. The Labute approximate surface area is 182 Å². The van der Waals surface area contributed by atoms with E-state index in [2.05, 4.69) is 39.0 Å². The van der Waals surface area contributed by atoms with E-state index in [1.54, 1.807) is 5.56 Å². The predicted octanol–water partition coefficient (Wildman–Crippen LogP) is 6.17. The van der Waals surface area contributed by atoms with Gasteiger partial charge in [0.15, 0.2) is 0 Å². The van der Waals surface area contributed by atoms with Crippen LogP contribution in [0.25, 0.3) is 0 Å². The molecule has 0 spiro atoms. The maximum atomic E-state index is 11.6. The Morgan fingerprint density at radius 2 is 2.03 bits per heavy atom. The van der Waals surface area contributed by atoms with E-state index >= 15 is 0 Å². The molecule has 3 nitrogen and oxygen atoms in total. The van der Waals surface area contributed by atoms with Gasteiger partial charge in [-0.15, -0.1) is 0 Å². The summed E-state index contributed by atoms with van der Waals surface area (Å²) in [7, 11) is 0. The zero-order valence-electron chi connectivity index (χ0n) is 19.3. The van der Waals surface area contributed by atoms with Crippen LogP contribution in [0.5, 0.6) is 5.75 Å². The topological polar surface area (TPSA) is 53.2 Å². The first-order valence-electron chi connectivity index (χ1n) is 12.3. The molecule has 1 unspecified atom stereocenters. The molecule has 30 heavy (non-hydrogen) atoms. The number of ether oxygens (including phenoxy) is 1. The Bertz CT molecular complexity index is 827. The summed E-state index contributed by atoms with van der Waals surface area (Å²) in [4.78, 5) is 0. The lowest BCUT2D eigenvalue weighted by atomic mass is 9.52. The van der Waals surface area contributed by atoms with Crippen molar-refractivity contribution in [2.24, 2.45) is 23.2 Å². The summed E-state index contributed by atoms with van der Waals surface area (Å²) in [6.45, 7) is 9.45. The molecule has 3 aliphatic carbocycles. The summed E-state index contributed by atoms with van der Waals surface area (Å²) in [6.07, 6.45) is 9.59. The molecule has 6 atom stereocenters. The Balaban J connectivity index is 1.63. The molecular weight excluding hydrogens is 370 g/mol. The number of aryl methyl sites for hydroxylation is 2. The molecule has 3 aliphatic rings. The Kier molecular flexibility index (Phi) is 5.92. The molecule has 3 heteroatoms. The molecule has 0 aliphatic heterocycles. The van der Waals surface area contributed by atoms with Crippen molar-refractivity contribution < 1.29 is 9.84 Å². The predicted molar refractivity (Wildman–Crippen MR) is 121 cm³/mol. The average molecular weight is 410 g/mol. The van der Waals surface area contributed by atoms with Gasteiger partial charge in [-0.2, -0.15) is 5.26 Å². The third kappa shape index (κ3) is 3.18. The van der Waals surface area contributed by atoms with E-state index in [1.807, 2.05) is 6.92 Å². The Morgan fingerprint density at radius 3 is 2.73 bits per heavy atom. The van der Waals surface area contributed by atoms with Gasteiger partial charge in [0, 0.05) is 5.41 Å². The number of aliphatic hydroxyl groups is 1. The number of rotatable bonds is 6. The fourth-order valence-electron chi connectivity index (χ4n) is 7.25. The highest BCUT2D eigenvalue weighted by molar-refractivity contribution is 5.46. The van der Waals surface area contributed by atoms with Crippen LogP contribution in [-0.4, -0.2) is 17.3 Å². The molecule has 0 radical (unpaired) electrons. The lowest BCUT2D eigenvalue weighted by Gasteiger charge is -2.54. The van der Waals surface area contributed by atoms with Crippen LogP contribution in [0, 0.1) is 34.5 Å². The van der Waals surface area contributed by atoms with Gasteiger partial charge in [0.25, 0.3) is 0 Å². The van der Waals surface area contributed by atoms with Crippen LogP contribution in [0.4, 0.5) is 0 Å². The SMILES string of the molecule is CCCCOc1cc2c(cc1CC)[C@H]1CC[C@@]3(C)[C@@H](CC[C@@]3(O)C(C)C#N)[C@@H]1CC2. The standard InChI is InChI=1S/C27H39NO2/c1-5-7-14-30-25-16-20-8-9-22-21(23(20)15-19(25)6-2)10-12-26(4)24(22)11-13-27(26,29)18(3)17-28/h15-16,18,21-22,24,29H,5-14H2,1-4H3/t18?,21-,22+,24-,26-,27+/m0/s1. The van der Waals surface area contributed by atoms with Crippen LogP contribution in [0.1, 0.15) is 95.2 Å². The van der Waals surface area contributed by atoms with Crippen LogP contribution in [0.15, 0.2) is 12.1 Å². The van der Waals surface area contributed by atoms with E-state index in [1.165, 1.54) is 17.5 Å². The molecule has 0 amide bonds. The van der Waals surface area contributed by atoms with Crippen LogP contribution < -0.4 is 4.74 Å². The summed E-state index contributed by atoms with van der Waals surface area (Å²) in [5.74, 6) is 2.56. The molecule has 4 rings (SSSR count). The van der Waals surface area contributed by atoms with Gasteiger partial charge < -0.3 is 9.84 Å². The zero-order valence-corrected chi connectivity index (χ0v) is 19.3. The quantitative estimate of drug-likeness (QED) is 0.571. The van der Waals surface area contributed by atoms with Crippen molar-refractivity contribution in [3.8, 4) is 11.8 Å². The molecule has 2 fully saturated rings. The minimum absolute atomic E-state index is 0.127. The number of fused-ring (bicyclic) bond motifs is 5. The van der Waals surface area contributed by atoms with Crippen molar-refractivity contribution in [1.29, 1.82) is 5.26 Å².